The van der Waals surface area contributed by atoms with Gasteiger partial charge in [0.1, 0.15) is 0 Å². The van der Waals surface area contributed by atoms with Crippen LogP contribution < -0.4 is 5.73 Å². The van der Waals surface area contributed by atoms with Crippen LogP contribution in [-0.4, -0.2) is 45.0 Å². The van der Waals surface area contributed by atoms with Crippen LogP contribution in [0.1, 0.15) is 127 Å². The minimum Gasteiger partial charge on any atom is -0.393 e. The first-order valence-corrected chi connectivity index (χ1v) is 15.2. The summed E-state index contributed by atoms with van der Waals surface area (Å²) in [5, 5.41) is 34.4. The average molecular weight is 544 g/mol. The van der Waals surface area contributed by atoms with Gasteiger partial charge in [-0.1, -0.05) is 105 Å². The Morgan fingerprint density at radius 2 is 1.24 bits per heavy atom. The van der Waals surface area contributed by atoms with Gasteiger partial charge in [0.25, 0.3) is 0 Å². The topological polar surface area (TPSA) is 107 Å². The van der Waals surface area contributed by atoms with Crippen molar-refractivity contribution in [1.82, 2.24) is 0 Å². The second-order valence-corrected chi connectivity index (χ2v) is 10.8. The summed E-state index contributed by atoms with van der Waals surface area (Å²) in [6.07, 6.45) is 7.00. The van der Waals surface area contributed by atoms with E-state index in [0.29, 0.717) is 5.92 Å². The monoisotopic (exact) mass is 544 g/mol. The van der Waals surface area contributed by atoms with Gasteiger partial charge in [-0.3, -0.25) is 0 Å². The second-order valence-electron chi connectivity index (χ2n) is 10.8. The average Bonchev–Trinajstić information content (AvgIpc) is 2.88. The van der Waals surface area contributed by atoms with Crippen LogP contribution in [0.5, 0.6) is 0 Å². The third kappa shape index (κ3) is 35.0. The van der Waals surface area contributed by atoms with E-state index >= 15 is 0 Å². The number of benzene rings is 1. The van der Waals surface area contributed by atoms with Crippen LogP contribution in [0.3, 0.4) is 0 Å². The molecule has 1 aromatic carbocycles. The van der Waals surface area contributed by atoms with Crippen LogP contribution in [-0.2, 0) is 6.42 Å². The van der Waals surface area contributed by atoms with Gasteiger partial charge in [-0.05, 0) is 82.1 Å². The number of aliphatic hydroxyl groups is 4. The standard InChI is InChI=1S/C11H22O.C8H10.2C5H12O.C2H7NO.C2H6/c1-8-4-5-9(2)11(6-8)7-10(3)12;1-2-8-6-4-3-5-7-8;1-4(2)5(3)6;1-3-5(6)4-2;1-2(3)4;1-2/h8-12H,4-7H2,1-3H3;3-7H,2H2,1H3;4-6H,1-3H3;5-6H,3-4H2,1-2H3;2,4H,3H2,1H3;1-2H3/t8?,9?,10-,11-;;;;2-;/m0...0./s1. The third-order valence-corrected chi connectivity index (χ3v) is 6.43. The van der Waals surface area contributed by atoms with Crippen molar-refractivity contribution < 1.29 is 20.4 Å². The highest BCUT2D eigenvalue weighted by molar-refractivity contribution is 5.13. The van der Waals surface area contributed by atoms with Crippen LogP contribution in [0, 0.1) is 23.7 Å². The van der Waals surface area contributed by atoms with Crippen molar-refractivity contribution in [3.8, 4) is 0 Å². The minimum atomic E-state index is -0.667. The molecule has 0 aromatic heterocycles. The molecule has 6 N–H and O–H groups in total. The van der Waals surface area contributed by atoms with Gasteiger partial charge >= 0.3 is 0 Å². The third-order valence-electron chi connectivity index (χ3n) is 6.43. The van der Waals surface area contributed by atoms with Gasteiger partial charge in [0.2, 0.25) is 0 Å². The van der Waals surface area contributed by atoms with Gasteiger partial charge in [-0.25, -0.2) is 0 Å². The zero-order chi connectivity index (χ0) is 30.7. The summed E-state index contributed by atoms with van der Waals surface area (Å²) in [5.41, 5.74) is 6.08. The molecule has 0 bridgehead atoms. The SMILES string of the molecule is CC.CC(C)C(C)O.CC1CCC(C)[C@H](C[C@H](C)O)C1.CCC(O)CC.CCc1ccccc1.C[C@@H](N)O. The maximum absolute atomic E-state index is 9.31. The number of aliphatic hydroxyl groups excluding tert-OH is 4. The normalized spacial score (nSPS) is 20.2. The fourth-order valence-electron chi connectivity index (χ4n) is 3.42. The summed E-state index contributed by atoms with van der Waals surface area (Å²) in [6.45, 7) is 24.0. The van der Waals surface area contributed by atoms with Gasteiger partial charge in [0, 0.05) is 0 Å². The fourth-order valence-corrected chi connectivity index (χ4v) is 3.42. The van der Waals surface area contributed by atoms with Crippen LogP contribution >= 0.6 is 0 Å². The first-order chi connectivity index (χ1) is 17.7. The lowest BCUT2D eigenvalue weighted by Gasteiger charge is -2.33. The zero-order valence-corrected chi connectivity index (χ0v) is 27.3. The Balaban J connectivity index is -0.000000197. The van der Waals surface area contributed by atoms with Gasteiger partial charge < -0.3 is 26.2 Å². The van der Waals surface area contributed by atoms with E-state index in [-0.39, 0.29) is 18.3 Å². The molecule has 38 heavy (non-hydrogen) atoms. The van der Waals surface area contributed by atoms with E-state index in [0.717, 1.165) is 43.4 Å². The molecule has 3 unspecified atom stereocenters. The van der Waals surface area contributed by atoms with E-state index in [1.165, 1.54) is 31.7 Å². The summed E-state index contributed by atoms with van der Waals surface area (Å²) in [5.74, 6) is 2.89. The first-order valence-electron chi connectivity index (χ1n) is 15.2. The lowest BCUT2D eigenvalue weighted by Crippen LogP contribution is -2.24. The molecular formula is C33H69NO4. The Bertz CT molecular complexity index is 534. The molecule has 0 spiro atoms. The van der Waals surface area contributed by atoms with Crippen LogP contribution in [0.4, 0.5) is 0 Å². The molecule has 0 heterocycles. The molecule has 0 saturated heterocycles. The molecule has 1 saturated carbocycles. The summed E-state index contributed by atoms with van der Waals surface area (Å²) in [4.78, 5) is 0. The van der Waals surface area contributed by atoms with Crippen molar-refractivity contribution in [2.75, 3.05) is 0 Å². The van der Waals surface area contributed by atoms with Crippen molar-refractivity contribution in [2.45, 2.75) is 153 Å². The minimum absolute atomic E-state index is 0.0648. The van der Waals surface area contributed by atoms with Gasteiger partial charge in [-0.15, -0.1) is 0 Å². The fraction of sp³-hybridized carbons (Fsp3) is 0.818. The van der Waals surface area contributed by atoms with Crippen LogP contribution in [0.15, 0.2) is 30.3 Å². The molecule has 0 aliphatic heterocycles. The van der Waals surface area contributed by atoms with Crippen molar-refractivity contribution in [2.24, 2.45) is 29.4 Å². The molecule has 5 heteroatoms. The molecule has 0 radical (unpaired) electrons. The Morgan fingerprint density at radius 1 is 0.816 bits per heavy atom. The highest BCUT2D eigenvalue weighted by Gasteiger charge is 2.26. The number of nitrogens with two attached hydrogens (primary N) is 1. The van der Waals surface area contributed by atoms with Crippen molar-refractivity contribution in [1.29, 1.82) is 0 Å². The van der Waals surface area contributed by atoms with Gasteiger partial charge in [0.15, 0.2) is 0 Å². The van der Waals surface area contributed by atoms with E-state index in [1.807, 2.05) is 54.5 Å². The summed E-state index contributed by atoms with van der Waals surface area (Å²) in [7, 11) is 0. The number of hydrogen-bond acceptors (Lipinski definition) is 5. The summed E-state index contributed by atoms with van der Waals surface area (Å²) in [6, 6.07) is 10.5. The maximum Gasteiger partial charge on any atom is 0.0991 e. The quantitative estimate of drug-likeness (QED) is 0.238. The molecule has 1 aliphatic carbocycles. The molecule has 1 fully saturated rings. The Morgan fingerprint density at radius 3 is 1.50 bits per heavy atom. The highest BCUT2D eigenvalue weighted by Crippen LogP contribution is 2.35. The van der Waals surface area contributed by atoms with E-state index in [1.54, 1.807) is 6.92 Å². The van der Waals surface area contributed by atoms with Crippen molar-refractivity contribution >= 4 is 0 Å². The molecule has 6 atom stereocenters. The molecule has 230 valence electrons. The largest absolute Gasteiger partial charge is 0.393 e. The molecule has 1 aromatic rings. The maximum atomic E-state index is 9.31. The zero-order valence-electron chi connectivity index (χ0n) is 27.3. The predicted molar refractivity (Wildman–Crippen MR) is 168 cm³/mol. The number of aryl methyl sites for hydroxylation is 1. The van der Waals surface area contributed by atoms with Crippen LogP contribution in [0.2, 0.25) is 0 Å². The summed E-state index contributed by atoms with van der Waals surface area (Å²) < 4.78 is 0. The molecule has 5 nitrogen and oxygen atoms in total. The van der Waals surface area contributed by atoms with E-state index in [9.17, 15) is 5.11 Å². The Kier molecular flexibility index (Phi) is 35.4. The van der Waals surface area contributed by atoms with E-state index in [2.05, 4.69) is 50.8 Å². The molecule has 1 aliphatic rings. The predicted octanol–water partition coefficient (Wildman–Crippen LogP) is 7.58. The lowest BCUT2D eigenvalue weighted by molar-refractivity contribution is 0.108. The highest BCUT2D eigenvalue weighted by atomic mass is 16.3. The molecule has 0 amide bonds. The Hall–Kier alpha value is -0.980. The van der Waals surface area contributed by atoms with Crippen molar-refractivity contribution in [3.63, 3.8) is 0 Å². The van der Waals surface area contributed by atoms with E-state index < -0.39 is 6.23 Å². The van der Waals surface area contributed by atoms with E-state index in [4.69, 9.17) is 15.3 Å². The Labute approximate surface area is 238 Å². The number of hydrogen-bond donors (Lipinski definition) is 5. The van der Waals surface area contributed by atoms with Gasteiger partial charge in [0.05, 0.1) is 24.5 Å². The summed E-state index contributed by atoms with van der Waals surface area (Å²) >= 11 is 0. The smallest absolute Gasteiger partial charge is 0.0991 e. The second kappa shape index (κ2) is 30.6. The lowest BCUT2D eigenvalue weighted by atomic mass is 9.73. The van der Waals surface area contributed by atoms with Gasteiger partial charge in [-0.2, -0.15) is 0 Å². The molecular weight excluding hydrogens is 474 g/mol. The van der Waals surface area contributed by atoms with Crippen molar-refractivity contribution in [3.05, 3.63) is 35.9 Å². The first kappa shape index (κ1) is 44.1. The molecule has 2 rings (SSSR count). The number of rotatable bonds is 6. The van der Waals surface area contributed by atoms with Crippen LogP contribution in [0.25, 0.3) is 0 Å².